The summed E-state index contributed by atoms with van der Waals surface area (Å²) in [5, 5.41) is 0. The van der Waals surface area contributed by atoms with Crippen LogP contribution in [0.15, 0.2) is 67.8 Å². The molecule has 0 radical (unpaired) electrons. The number of aryl methyl sites for hydroxylation is 1. The monoisotopic (exact) mass is 294 g/mol. The summed E-state index contributed by atoms with van der Waals surface area (Å²) in [6, 6.07) is 17.2. The molecule has 0 saturated carbocycles. The molecule has 0 spiro atoms. The topological polar surface area (TPSA) is 0 Å². The van der Waals surface area contributed by atoms with Crippen LogP contribution in [0.4, 0.5) is 0 Å². The van der Waals surface area contributed by atoms with E-state index in [1.54, 1.807) is 6.08 Å². The Morgan fingerprint density at radius 3 is 1.45 bits per heavy atom. The molecule has 0 aliphatic heterocycles. The first-order chi connectivity index (χ1) is 10.7. The zero-order valence-electron chi connectivity index (χ0n) is 14.6. The molecule has 0 fully saturated rings. The molecule has 0 bridgehead atoms. The Bertz CT molecular complexity index is 515. The number of hydrogen-bond donors (Lipinski definition) is 0. The summed E-state index contributed by atoms with van der Waals surface area (Å²) >= 11 is 0. The van der Waals surface area contributed by atoms with Gasteiger partial charge in [-0.15, -0.1) is 6.58 Å². The van der Waals surface area contributed by atoms with Crippen LogP contribution in [0.1, 0.15) is 45.2 Å². The van der Waals surface area contributed by atoms with Gasteiger partial charge in [-0.1, -0.05) is 94.5 Å². The molecule has 22 heavy (non-hydrogen) atoms. The highest BCUT2D eigenvalue weighted by Crippen LogP contribution is 2.20. The summed E-state index contributed by atoms with van der Waals surface area (Å²) in [5.41, 5.74) is 5.07. The van der Waals surface area contributed by atoms with Gasteiger partial charge in [0, 0.05) is 0 Å². The Morgan fingerprint density at radius 2 is 1.14 bits per heavy atom. The van der Waals surface area contributed by atoms with E-state index in [1.165, 1.54) is 23.1 Å². The molecule has 2 aromatic carbocycles. The van der Waals surface area contributed by atoms with E-state index in [0.29, 0.717) is 0 Å². The molecule has 0 atom stereocenters. The fraction of sp³-hybridized carbons (Fsp3) is 0.273. The van der Waals surface area contributed by atoms with Crippen molar-refractivity contribution in [3.05, 3.63) is 78.9 Å². The van der Waals surface area contributed by atoms with Crippen molar-refractivity contribution in [3.8, 4) is 11.1 Å². The van der Waals surface area contributed by atoms with Crippen LogP contribution in [-0.4, -0.2) is 0 Å². The van der Waals surface area contributed by atoms with Crippen LogP contribution < -0.4 is 0 Å². The van der Waals surface area contributed by atoms with Crippen LogP contribution in [0.25, 0.3) is 17.2 Å². The molecule has 0 N–H and O–H groups in total. The van der Waals surface area contributed by atoms with Crippen LogP contribution in [0.5, 0.6) is 0 Å². The van der Waals surface area contributed by atoms with Crippen molar-refractivity contribution in [2.75, 3.05) is 0 Å². The number of benzene rings is 2. The quantitative estimate of drug-likeness (QED) is 0.526. The Balaban J connectivity index is 0.000000639. The molecular formula is C22H30. The predicted molar refractivity (Wildman–Crippen MR) is 103 cm³/mol. The minimum absolute atomic E-state index is 1.09. The normalized spacial score (nSPS) is 8.73. The van der Waals surface area contributed by atoms with Crippen LogP contribution >= 0.6 is 0 Å². The molecule has 0 nitrogen and oxygen atoms in total. The van der Waals surface area contributed by atoms with Gasteiger partial charge in [-0.3, -0.25) is 0 Å². The van der Waals surface area contributed by atoms with Gasteiger partial charge < -0.3 is 0 Å². The highest BCUT2D eigenvalue weighted by Gasteiger charge is 1.97. The standard InChI is InChI=1S/C16H16.C3H8.C3H6/c1-3-13-5-9-15(10-6-13)16-11-7-14(4-2)8-12-16;2*1-3-2/h3,5-12H,1,4H2,2H3;3H2,1-2H3;3H,1H2,2H3. The molecule has 0 saturated heterocycles. The van der Waals surface area contributed by atoms with Gasteiger partial charge in [0.15, 0.2) is 0 Å². The van der Waals surface area contributed by atoms with Crippen molar-refractivity contribution in [2.24, 2.45) is 0 Å². The second kappa shape index (κ2) is 12.6. The van der Waals surface area contributed by atoms with Gasteiger partial charge >= 0.3 is 0 Å². The smallest absolute Gasteiger partial charge is 0.0184 e. The summed E-state index contributed by atoms with van der Waals surface area (Å²) in [4.78, 5) is 0. The lowest BCUT2D eigenvalue weighted by Crippen LogP contribution is -1.81. The second-order valence-electron chi connectivity index (χ2n) is 4.99. The second-order valence-corrected chi connectivity index (χ2v) is 4.99. The molecule has 0 aromatic heterocycles. The number of hydrogen-bond acceptors (Lipinski definition) is 0. The van der Waals surface area contributed by atoms with E-state index in [-0.39, 0.29) is 0 Å². The van der Waals surface area contributed by atoms with Crippen LogP contribution in [0.2, 0.25) is 0 Å². The van der Waals surface area contributed by atoms with Gasteiger partial charge in [-0.25, -0.2) is 0 Å². The third kappa shape index (κ3) is 7.64. The number of allylic oxidation sites excluding steroid dienone is 1. The first-order valence-electron chi connectivity index (χ1n) is 8.05. The fourth-order valence-electron chi connectivity index (χ4n) is 1.74. The Hall–Kier alpha value is -2.08. The van der Waals surface area contributed by atoms with Crippen molar-refractivity contribution in [1.29, 1.82) is 0 Å². The van der Waals surface area contributed by atoms with Crippen molar-refractivity contribution in [1.82, 2.24) is 0 Å². The van der Waals surface area contributed by atoms with Gasteiger partial charge in [0.2, 0.25) is 0 Å². The van der Waals surface area contributed by atoms with E-state index < -0.39 is 0 Å². The van der Waals surface area contributed by atoms with E-state index in [4.69, 9.17) is 0 Å². The summed E-state index contributed by atoms with van der Waals surface area (Å²) < 4.78 is 0. The Morgan fingerprint density at radius 1 is 0.773 bits per heavy atom. The van der Waals surface area contributed by atoms with Crippen molar-refractivity contribution in [2.45, 2.75) is 40.5 Å². The number of rotatable bonds is 3. The van der Waals surface area contributed by atoms with Gasteiger partial charge in [0.25, 0.3) is 0 Å². The lowest BCUT2D eigenvalue weighted by molar-refractivity contribution is 1.09. The lowest BCUT2D eigenvalue weighted by atomic mass is 10.0. The predicted octanol–water partition coefficient (Wildman–Crippen LogP) is 7.17. The van der Waals surface area contributed by atoms with E-state index in [1.807, 2.05) is 13.0 Å². The van der Waals surface area contributed by atoms with Crippen molar-refractivity contribution < 1.29 is 0 Å². The van der Waals surface area contributed by atoms with Crippen LogP contribution in [0.3, 0.4) is 0 Å². The summed E-state index contributed by atoms with van der Waals surface area (Å²) in [6.07, 6.45) is 5.96. The summed E-state index contributed by atoms with van der Waals surface area (Å²) in [7, 11) is 0. The summed E-state index contributed by atoms with van der Waals surface area (Å²) in [5.74, 6) is 0. The molecular weight excluding hydrogens is 264 g/mol. The molecule has 0 amide bonds. The van der Waals surface area contributed by atoms with Gasteiger partial charge in [0.05, 0.1) is 0 Å². The Labute approximate surface area is 137 Å². The van der Waals surface area contributed by atoms with Crippen molar-refractivity contribution >= 4 is 6.08 Å². The molecule has 0 unspecified atom stereocenters. The largest absolute Gasteiger partial charge is 0.103 e. The Kier molecular flexibility index (Phi) is 11.4. The van der Waals surface area contributed by atoms with Gasteiger partial charge in [-0.05, 0) is 35.6 Å². The van der Waals surface area contributed by atoms with Gasteiger partial charge in [-0.2, -0.15) is 0 Å². The third-order valence-corrected chi connectivity index (χ3v) is 2.84. The zero-order valence-corrected chi connectivity index (χ0v) is 14.6. The fourth-order valence-corrected chi connectivity index (χ4v) is 1.74. The molecule has 0 aliphatic carbocycles. The molecule has 2 aromatic rings. The van der Waals surface area contributed by atoms with Crippen LogP contribution in [-0.2, 0) is 6.42 Å². The maximum absolute atomic E-state index is 3.76. The minimum atomic E-state index is 1.09. The van der Waals surface area contributed by atoms with Crippen molar-refractivity contribution in [3.63, 3.8) is 0 Å². The lowest BCUT2D eigenvalue weighted by Gasteiger charge is -2.03. The molecule has 2 rings (SSSR count). The van der Waals surface area contributed by atoms with Crippen LogP contribution in [0, 0.1) is 0 Å². The van der Waals surface area contributed by atoms with E-state index >= 15 is 0 Å². The van der Waals surface area contributed by atoms with E-state index in [2.05, 4.69) is 82.5 Å². The maximum atomic E-state index is 3.76. The SMILES string of the molecule is C=CC.C=Cc1ccc(-c2ccc(CC)cc2)cc1.CCC. The average molecular weight is 294 g/mol. The maximum Gasteiger partial charge on any atom is -0.0184 e. The highest BCUT2D eigenvalue weighted by molar-refractivity contribution is 5.65. The first kappa shape index (κ1) is 19.9. The van der Waals surface area contributed by atoms with Gasteiger partial charge in [0.1, 0.15) is 0 Å². The third-order valence-electron chi connectivity index (χ3n) is 2.84. The minimum Gasteiger partial charge on any atom is -0.103 e. The molecule has 118 valence electrons. The summed E-state index contributed by atoms with van der Waals surface area (Å²) in [6.45, 7) is 15.4. The van der Waals surface area contributed by atoms with E-state index in [0.717, 1.165) is 12.0 Å². The molecule has 0 heterocycles. The first-order valence-corrected chi connectivity index (χ1v) is 8.05. The highest BCUT2D eigenvalue weighted by atomic mass is 14.0. The molecule has 0 aliphatic rings. The molecule has 0 heteroatoms. The van der Waals surface area contributed by atoms with E-state index in [9.17, 15) is 0 Å². The average Bonchev–Trinajstić information content (AvgIpc) is 2.56. The zero-order chi connectivity index (χ0) is 16.8.